The molecule has 4 aromatic carbocycles. The molecular weight excluding hydrogens is 520 g/mol. The van der Waals surface area contributed by atoms with E-state index in [1.807, 2.05) is 0 Å². The maximum Gasteiger partial charge on any atom is 0.101 e. The van der Waals surface area contributed by atoms with Gasteiger partial charge in [0.1, 0.15) is 5.69 Å². The zero-order valence-electron chi connectivity index (χ0n) is 24.5. The molecule has 2 heterocycles. The molecule has 2 nitrogen and oxygen atoms in total. The third-order valence-corrected chi connectivity index (χ3v) is 9.66. The van der Waals surface area contributed by atoms with Crippen molar-refractivity contribution in [2.24, 2.45) is 0 Å². The van der Waals surface area contributed by atoms with Gasteiger partial charge >= 0.3 is 0 Å². The molecule has 43 heavy (non-hydrogen) atoms. The SMILES string of the molecule is C=CC1(c2ccc3ccccc3c2)CC1c1ccc(-c2c(-c3ccccc3)nn3c4c(ccc23)C/C=C\C=C/C4)cc1C. The number of fused-ring (bicyclic) bond motifs is 4. The van der Waals surface area contributed by atoms with Gasteiger partial charge in [0.2, 0.25) is 0 Å². The molecule has 6 aromatic rings. The van der Waals surface area contributed by atoms with Crippen LogP contribution in [-0.2, 0) is 18.3 Å². The molecule has 8 rings (SSSR count). The van der Waals surface area contributed by atoms with E-state index in [-0.39, 0.29) is 5.41 Å². The first-order chi connectivity index (χ1) is 21.2. The van der Waals surface area contributed by atoms with Crippen LogP contribution >= 0.6 is 0 Å². The van der Waals surface area contributed by atoms with Crippen LogP contribution in [0.15, 0.2) is 140 Å². The highest BCUT2D eigenvalue weighted by molar-refractivity contribution is 5.93. The molecule has 2 heteroatoms. The van der Waals surface area contributed by atoms with Gasteiger partial charge in [-0.3, -0.25) is 0 Å². The van der Waals surface area contributed by atoms with Crippen LogP contribution in [0.4, 0.5) is 0 Å². The summed E-state index contributed by atoms with van der Waals surface area (Å²) in [4.78, 5) is 0. The van der Waals surface area contributed by atoms with Gasteiger partial charge in [0.05, 0.1) is 5.52 Å². The van der Waals surface area contributed by atoms with Crippen LogP contribution in [0.5, 0.6) is 0 Å². The Bertz CT molecular complexity index is 2090. The van der Waals surface area contributed by atoms with Crippen LogP contribution in [0.25, 0.3) is 38.7 Å². The summed E-state index contributed by atoms with van der Waals surface area (Å²) in [6.07, 6.45) is 13.8. The Labute approximate surface area is 253 Å². The Morgan fingerprint density at radius 1 is 0.791 bits per heavy atom. The average Bonchev–Trinajstić information content (AvgIpc) is 3.65. The zero-order valence-corrected chi connectivity index (χ0v) is 24.5. The Kier molecular flexibility index (Phi) is 6.04. The van der Waals surface area contributed by atoms with Crippen LogP contribution in [0.2, 0.25) is 0 Å². The van der Waals surface area contributed by atoms with Crippen LogP contribution in [-0.4, -0.2) is 9.61 Å². The van der Waals surface area contributed by atoms with Crippen molar-refractivity contribution in [1.82, 2.24) is 9.61 Å². The van der Waals surface area contributed by atoms with Gasteiger partial charge in [0.15, 0.2) is 0 Å². The summed E-state index contributed by atoms with van der Waals surface area (Å²) < 4.78 is 2.20. The van der Waals surface area contributed by atoms with Crippen molar-refractivity contribution in [3.63, 3.8) is 0 Å². The van der Waals surface area contributed by atoms with Crippen molar-refractivity contribution in [3.05, 3.63) is 168 Å². The number of allylic oxidation sites excluding steroid dienone is 5. The summed E-state index contributed by atoms with van der Waals surface area (Å²) in [5.74, 6) is 0.428. The number of hydrogen-bond acceptors (Lipinski definition) is 1. The molecule has 0 N–H and O–H groups in total. The van der Waals surface area contributed by atoms with Crippen molar-refractivity contribution in [3.8, 4) is 22.4 Å². The highest BCUT2D eigenvalue weighted by Gasteiger charge is 2.54. The fourth-order valence-corrected chi connectivity index (χ4v) is 7.25. The Balaban J connectivity index is 1.23. The fourth-order valence-electron chi connectivity index (χ4n) is 7.25. The second kappa shape index (κ2) is 10.1. The van der Waals surface area contributed by atoms with Crippen molar-refractivity contribution in [1.29, 1.82) is 0 Å². The predicted molar refractivity (Wildman–Crippen MR) is 180 cm³/mol. The van der Waals surface area contributed by atoms with E-state index < -0.39 is 0 Å². The number of benzene rings is 4. The topological polar surface area (TPSA) is 17.3 Å². The van der Waals surface area contributed by atoms with Crippen LogP contribution in [0.3, 0.4) is 0 Å². The summed E-state index contributed by atoms with van der Waals surface area (Å²) in [6, 6.07) is 37.8. The number of rotatable bonds is 5. The van der Waals surface area contributed by atoms with Gasteiger partial charge in [0, 0.05) is 28.7 Å². The van der Waals surface area contributed by atoms with E-state index in [9.17, 15) is 0 Å². The minimum Gasteiger partial charge on any atom is -0.236 e. The molecule has 1 saturated carbocycles. The quantitative estimate of drug-likeness (QED) is 0.194. The molecule has 0 spiro atoms. The van der Waals surface area contributed by atoms with E-state index in [2.05, 4.69) is 152 Å². The monoisotopic (exact) mass is 554 g/mol. The summed E-state index contributed by atoms with van der Waals surface area (Å²) in [5.41, 5.74) is 12.4. The lowest BCUT2D eigenvalue weighted by Gasteiger charge is -2.16. The molecule has 2 atom stereocenters. The second-order valence-electron chi connectivity index (χ2n) is 12.1. The van der Waals surface area contributed by atoms with Gasteiger partial charge < -0.3 is 0 Å². The number of hydrogen-bond donors (Lipinski definition) is 0. The second-order valence-corrected chi connectivity index (χ2v) is 12.1. The lowest BCUT2D eigenvalue weighted by Crippen LogP contribution is -2.06. The maximum absolute atomic E-state index is 5.29. The largest absolute Gasteiger partial charge is 0.236 e. The number of aryl methyl sites for hydroxylation is 1. The third kappa shape index (κ3) is 4.20. The van der Waals surface area contributed by atoms with Gasteiger partial charge in [-0.2, -0.15) is 5.10 Å². The van der Waals surface area contributed by atoms with Crippen molar-refractivity contribution < 1.29 is 0 Å². The first kappa shape index (κ1) is 25.7. The molecule has 208 valence electrons. The third-order valence-electron chi connectivity index (χ3n) is 9.66. The van der Waals surface area contributed by atoms with E-state index in [1.165, 1.54) is 49.8 Å². The van der Waals surface area contributed by atoms with E-state index >= 15 is 0 Å². The lowest BCUT2D eigenvalue weighted by molar-refractivity contribution is 0.841. The molecule has 2 aliphatic carbocycles. The Morgan fingerprint density at radius 2 is 1.58 bits per heavy atom. The first-order valence-electron chi connectivity index (χ1n) is 15.3. The van der Waals surface area contributed by atoms with Crippen LogP contribution in [0.1, 0.15) is 40.3 Å². The van der Waals surface area contributed by atoms with E-state index in [1.54, 1.807) is 0 Å². The van der Waals surface area contributed by atoms with Crippen LogP contribution < -0.4 is 0 Å². The molecule has 0 bridgehead atoms. The van der Waals surface area contributed by atoms with Crippen LogP contribution in [0, 0.1) is 6.92 Å². The molecule has 2 aromatic heterocycles. The molecular formula is C41H34N2. The van der Waals surface area contributed by atoms with Gasteiger partial charge in [0.25, 0.3) is 0 Å². The van der Waals surface area contributed by atoms with Gasteiger partial charge in [-0.15, -0.1) is 6.58 Å². The van der Waals surface area contributed by atoms with Gasteiger partial charge in [-0.25, -0.2) is 4.52 Å². The molecule has 2 unspecified atom stereocenters. The van der Waals surface area contributed by atoms with Gasteiger partial charge in [-0.05, 0) is 70.3 Å². The zero-order chi connectivity index (χ0) is 29.0. The molecule has 1 fully saturated rings. The fraction of sp³-hybridized carbons (Fsp3) is 0.146. The molecule has 0 aliphatic heterocycles. The number of aromatic nitrogens is 2. The minimum atomic E-state index is -0.0197. The number of pyridine rings is 1. The summed E-state index contributed by atoms with van der Waals surface area (Å²) in [5, 5.41) is 7.87. The smallest absolute Gasteiger partial charge is 0.101 e. The van der Waals surface area contributed by atoms with E-state index in [0.29, 0.717) is 5.92 Å². The lowest BCUT2D eigenvalue weighted by atomic mass is 9.87. The maximum atomic E-state index is 5.29. The summed E-state index contributed by atoms with van der Waals surface area (Å²) in [7, 11) is 0. The minimum absolute atomic E-state index is 0.0197. The highest BCUT2D eigenvalue weighted by atomic mass is 15.2. The molecule has 2 aliphatic rings. The van der Waals surface area contributed by atoms with Crippen molar-refractivity contribution in [2.45, 2.75) is 37.5 Å². The molecule has 0 amide bonds. The van der Waals surface area contributed by atoms with Crippen molar-refractivity contribution >= 4 is 16.3 Å². The summed E-state index contributed by atoms with van der Waals surface area (Å²) >= 11 is 0. The van der Waals surface area contributed by atoms with Gasteiger partial charge in [-0.1, -0.05) is 127 Å². The molecule has 0 saturated heterocycles. The Morgan fingerprint density at radius 3 is 2.40 bits per heavy atom. The molecule has 0 radical (unpaired) electrons. The Hall–Kier alpha value is -4.95. The van der Waals surface area contributed by atoms with Crippen molar-refractivity contribution in [2.75, 3.05) is 0 Å². The standard InChI is InChI=1S/C41H34N2/c1-3-41(34-22-19-29-13-11-12-17-32(29)26-34)27-36(41)35-23-20-33(25-28(35)2)39-38-24-21-30-14-7-4-5-10-18-37(30)43(38)42-40(39)31-15-8-6-9-16-31/h3-13,15-17,19-26,36H,1,14,18,27H2,2H3/b7-4-,10-5-. The average molecular weight is 555 g/mol. The van der Waals surface area contributed by atoms with E-state index in [0.717, 1.165) is 36.0 Å². The van der Waals surface area contributed by atoms with E-state index in [4.69, 9.17) is 5.10 Å². The first-order valence-corrected chi connectivity index (χ1v) is 15.3. The summed E-state index contributed by atoms with van der Waals surface area (Å²) in [6.45, 7) is 6.59. The number of nitrogens with zero attached hydrogens (tertiary/aromatic N) is 2. The normalized spacial score (nSPS) is 20.7. The predicted octanol–water partition coefficient (Wildman–Crippen LogP) is 9.95. The highest BCUT2D eigenvalue weighted by Crippen LogP contribution is 2.62.